The highest BCUT2D eigenvalue weighted by atomic mass is 32.2. The van der Waals surface area contributed by atoms with Crippen LogP contribution in [0.4, 0.5) is 0 Å². The van der Waals surface area contributed by atoms with Crippen LogP contribution in [0.1, 0.15) is 51.9 Å². The van der Waals surface area contributed by atoms with Crippen molar-refractivity contribution in [1.82, 2.24) is 4.31 Å². The monoisotopic (exact) mass is 245 g/mol. The van der Waals surface area contributed by atoms with Crippen LogP contribution in [0.25, 0.3) is 0 Å². The van der Waals surface area contributed by atoms with Crippen LogP contribution in [0, 0.1) is 5.92 Å². The lowest BCUT2D eigenvalue weighted by Crippen LogP contribution is -2.50. The maximum atomic E-state index is 12.2. The lowest BCUT2D eigenvalue weighted by atomic mass is 9.79. The van der Waals surface area contributed by atoms with Gasteiger partial charge in [-0.15, -0.1) is 0 Å². The van der Waals surface area contributed by atoms with Crippen molar-refractivity contribution < 1.29 is 8.42 Å². The van der Waals surface area contributed by atoms with Gasteiger partial charge in [-0.1, -0.05) is 19.8 Å². The Labute approximate surface area is 99.3 Å². The normalized spacial score (nSPS) is 32.3. The fourth-order valence-corrected chi connectivity index (χ4v) is 5.15. The van der Waals surface area contributed by atoms with Crippen LogP contribution in [0.3, 0.4) is 0 Å². The SMILES string of the molecule is CCCS(=O)(=O)N1CCCC2CCCCC21. The first-order valence-corrected chi connectivity index (χ1v) is 8.25. The minimum atomic E-state index is -2.97. The number of rotatable bonds is 3. The minimum absolute atomic E-state index is 0.330. The Balaban J connectivity index is 2.13. The fraction of sp³-hybridized carbons (Fsp3) is 1.00. The van der Waals surface area contributed by atoms with Gasteiger partial charge in [-0.25, -0.2) is 8.42 Å². The zero-order valence-electron chi connectivity index (χ0n) is 10.2. The van der Waals surface area contributed by atoms with Crippen molar-refractivity contribution in [1.29, 1.82) is 0 Å². The van der Waals surface area contributed by atoms with E-state index in [1.807, 2.05) is 11.2 Å². The van der Waals surface area contributed by atoms with Crippen LogP contribution < -0.4 is 0 Å². The van der Waals surface area contributed by atoms with Crippen molar-refractivity contribution in [2.75, 3.05) is 12.3 Å². The van der Waals surface area contributed by atoms with Crippen LogP contribution >= 0.6 is 0 Å². The summed E-state index contributed by atoms with van der Waals surface area (Å²) in [6.45, 7) is 2.71. The summed E-state index contributed by atoms with van der Waals surface area (Å²) in [5.74, 6) is 0.977. The van der Waals surface area contributed by atoms with Crippen molar-refractivity contribution in [3.63, 3.8) is 0 Å². The molecule has 2 rings (SSSR count). The predicted octanol–water partition coefficient (Wildman–Crippen LogP) is 2.38. The molecule has 0 aromatic rings. The first kappa shape index (κ1) is 12.4. The maximum Gasteiger partial charge on any atom is 0.214 e. The second kappa shape index (κ2) is 5.05. The second-order valence-electron chi connectivity index (χ2n) is 5.18. The predicted molar refractivity (Wildman–Crippen MR) is 65.8 cm³/mol. The zero-order chi connectivity index (χ0) is 11.6. The Kier molecular flexibility index (Phi) is 3.90. The average molecular weight is 245 g/mol. The molecule has 0 radical (unpaired) electrons. The average Bonchev–Trinajstić information content (AvgIpc) is 2.28. The van der Waals surface area contributed by atoms with Gasteiger partial charge < -0.3 is 0 Å². The molecule has 4 heteroatoms. The highest BCUT2D eigenvalue weighted by molar-refractivity contribution is 7.89. The van der Waals surface area contributed by atoms with Crippen LogP contribution in [0.2, 0.25) is 0 Å². The molecular formula is C12H23NO2S. The Morgan fingerprint density at radius 1 is 1.12 bits per heavy atom. The van der Waals surface area contributed by atoms with E-state index in [0.717, 1.165) is 25.8 Å². The molecule has 1 saturated carbocycles. The van der Waals surface area contributed by atoms with E-state index in [-0.39, 0.29) is 0 Å². The summed E-state index contributed by atoms with van der Waals surface area (Å²) in [5, 5.41) is 0. The molecule has 2 aliphatic rings. The van der Waals surface area contributed by atoms with Gasteiger partial charge in [0.1, 0.15) is 0 Å². The number of nitrogens with zero attached hydrogens (tertiary/aromatic N) is 1. The molecule has 0 spiro atoms. The molecule has 1 aliphatic carbocycles. The van der Waals surface area contributed by atoms with E-state index < -0.39 is 10.0 Å². The lowest BCUT2D eigenvalue weighted by Gasteiger charge is -2.43. The van der Waals surface area contributed by atoms with Crippen molar-refractivity contribution in [3.05, 3.63) is 0 Å². The second-order valence-corrected chi connectivity index (χ2v) is 7.22. The third-order valence-electron chi connectivity index (χ3n) is 4.01. The maximum absolute atomic E-state index is 12.2. The Bertz CT molecular complexity index is 324. The van der Waals surface area contributed by atoms with E-state index in [4.69, 9.17) is 0 Å². The third-order valence-corrected chi connectivity index (χ3v) is 6.10. The Hall–Kier alpha value is -0.0900. The van der Waals surface area contributed by atoms with Crippen LogP contribution in [-0.4, -0.2) is 31.1 Å². The fourth-order valence-electron chi connectivity index (χ4n) is 3.30. The van der Waals surface area contributed by atoms with Gasteiger partial charge in [0.25, 0.3) is 0 Å². The molecule has 2 atom stereocenters. The summed E-state index contributed by atoms with van der Waals surface area (Å²) in [7, 11) is -2.97. The summed E-state index contributed by atoms with van der Waals surface area (Å²) in [4.78, 5) is 0. The molecular weight excluding hydrogens is 222 g/mol. The van der Waals surface area contributed by atoms with E-state index in [2.05, 4.69) is 0 Å². The molecule has 0 aromatic carbocycles. The lowest BCUT2D eigenvalue weighted by molar-refractivity contribution is 0.129. The van der Waals surface area contributed by atoms with Gasteiger partial charge in [-0.3, -0.25) is 0 Å². The topological polar surface area (TPSA) is 37.4 Å². The largest absolute Gasteiger partial charge is 0.214 e. The van der Waals surface area contributed by atoms with Gasteiger partial charge >= 0.3 is 0 Å². The van der Waals surface area contributed by atoms with E-state index in [0.29, 0.717) is 17.7 Å². The Morgan fingerprint density at radius 2 is 1.81 bits per heavy atom. The van der Waals surface area contributed by atoms with E-state index in [1.54, 1.807) is 0 Å². The van der Waals surface area contributed by atoms with Crippen molar-refractivity contribution in [3.8, 4) is 0 Å². The van der Waals surface area contributed by atoms with Gasteiger partial charge in [-0.05, 0) is 38.0 Å². The van der Waals surface area contributed by atoms with Gasteiger partial charge in [-0.2, -0.15) is 4.31 Å². The van der Waals surface area contributed by atoms with E-state index >= 15 is 0 Å². The molecule has 2 unspecified atom stereocenters. The third kappa shape index (κ3) is 2.43. The van der Waals surface area contributed by atoms with E-state index in [1.165, 1.54) is 25.7 Å². The molecule has 1 heterocycles. The standard InChI is InChI=1S/C12H23NO2S/c1-2-10-16(14,15)13-9-5-7-11-6-3-4-8-12(11)13/h11-12H,2-10H2,1H3. The molecule has 0 N–H and O–H groups in total. The smallest absolute Gasteiger partial charge is 0.212 e. The first-order chi connectivity index (χ1) is 7.65. The minimum Gasteiger partial charge on any atom is -0.212 e. The molecule has 0 amide bonds. The highest BCUT2D eigenvalue weighted by Crippen LogP contribution is 2.36. The van der Waals surface area contributed by atoms with Crippen LogP contribution in [-0.2, 0) is 10.0 Å². The van der Waals surface area contributed by atoms with Gasteiger partial charge in [0, 0.05) is 12.6 Å². The zero-order valence-corrected chi connectivity index (χ0v) is 11.0. The summed E-state index contributed by atoms with van der Waals surface area (Å²) in [5.41, 5.74) is 0. The summed E-state index contributed by atoms with van der Waals surface area (Å²) in [6.07, 6.45) is 7.86. The quantitative estimate of drug-likeness (QED) is 0.765. The van der Waals surface area contributed by atoms with Crippen molar-refractivity contribution in [2.45, 2.75) is 57.9 Å². The van der Waals surface area contributed by atoms with Crippen LogP contribution in [0.5, 0.6) is 0 Å². The van der Waals surface area contributed by atoms with Crippen molar-refractivity contribution in [2.24, 2.45) is 5.92 Å². The van der Waals surface area contributed by atoms with Gasteiger partial charge in [0.15, 0.2) is 0 Å². The number of hydrogen-bond donors (Lipinski definition) is 0. The summed E-state index contributed by atoms with van der Waals surface area (Å²) >= 11 is 0. The van der Waals surface area contributed by atoms with Gasteiger partial charge in [0.2, 0.25) is 10.0 Å². The van der Waals surface area contributed by atoms with Crippen LogP contribution in [0.15, 0.2) is 0 Å². The molecule has 94 valence electrons. The molecule has 1 aliphatic heterocycles. The molecule has 0 aromatic heterocycles. The Morgan fingerprint density at radius 3 is 2.56 bits per heavy atom. The van der Waals surface area contributed by atoms with E-state index in [9.17, 15) is 8.42 Å². The molecule has 3 nitrogen and oxygen atoms in total. The van der Waals surface area contributed by atoms with Gasteiger partial charge in [0.05, 0.1) is 5.75 Å². The number of sulfonamides is 1. The molecule has 0 bridgehead atoms. The molecule has 16 heavy (non-hydrogen) atoms. The molecule has 2 fully saturated rings. The number of hydrogen-bond acceptors (Lipinski definition) is 2. The first-order valence-electron chi connectivity index (χ1n) is 6.64. The van der Waals surface area contributed by atoms with Crippen molar-refractivity contribution >= 4 is 10.0 Å². The summed E-state index contributed by atoms with van der Waals surface area (Å²) < 4.78 is 26.2. The summed E-state index contributed by atoms with van der Waals surface area (Å²) in [6, 6.07) is 0.332. The molecule has 1 saturated heterocycles. The number of piperidine rings is 1. The highest BCUT2D eigenvalue weighted by Gasteiger charge is 2.38. The number of fused-ring (bicyclic) bond motifs is 1.